The van der Waals surface area contributed by atoms with Crippen LogP contribution in [-0.2, 0) is 22.6 Å². The Labute approximate surface area is 180 Å². The molecule has 0 aliphatic heterocycles. The summed E-state index contributed by atoms with van der Waals surface area (Å²) < 4.78 is 0. The summed E-state index contributed by atoms with van der Waals surface area (Å²) in [6, 6.07) is 17.8. The minimum atomic E-state index is -0.454. The zero-order valence-electron chi connectivity index (χ0n) is 18.3. The number of carbonyl (C=O) groups excluding carboxylic acids is 2. The van der Waals surface area contributed by atoms with Gasteiger partial charge < -0.3 is 10.2 Å². The smallest absolute Gasteiger partial charge is 0.243 e. The van der Waals surface area contributed by atoms with Crippen LogP contribution < -0.4 is 5.32 Å². The number of nitrogens with zero attached hydrogens (tertiary/aromatic N) is 1. The predicted octanol–water partition coefficient (Wildman–Crippen LogP) is 4.79. The predicted molar refractivity (Wildman–Crippen MR) is 121 cm³/mol. The van der Waals surface area contributed by atoms with E-state index < -0.39 is 6.04 Å². The van der Waals surface area contributed by atoms with Gasteiger partial charge in [0.15, 0.2) is 0 Å². The highest BCUT2D eigenvalue weighted by atomic mass is 16.2. The average Bonchev–Trinajstić information content (AvgIpc) is 2.76. The molecule has 1 saturated carbocycles. The van der Waals surface area contributed by atoms with Crippen molar-refractivity contribution in [2.24, 2.45) is 0 Å². The van der Waals surface area contributed by atoms with Gasteiger partial charge in [0.2, 0.25) is 11.8 Å². The van der Waals surface area contributed by atoms with Gasteiger partial charge in [-0.1, -0.05) is 86.3 Å². The van der Waals surface area contributed by atoms with Crippen LogP contribution in [0.3, 0.4) is 0 Å². The van der Waals surface area contributed by atoms with Gasteiger partial charge in [0.1, 0.15) is 6.04 Å². The van der Waals surface area contributed by atoms with E-state index in [-0.39, 0.29) is 17.9 Å². The fourth-order valence-corrected chi connectivity index (χ4v) is 4.23. The highest BCUT2D eigenvalue weighted by Crippen LogP contribution is 2.19. The van der Waals surface area contributed by atoms with Crippen molar-refractivity contribution in [2.45, 2.75) is 77.4 Å². The number of amides is 2. The first-order valence-corrected chi connectivity index (χ1v) is 11.3. The van der Waals surface area contributed by atoms with Crippen molar-refractivity contribution in [2.75, 3.05) is 0 Å². The van der Waals surface area contributed by atoms with E-state index in [1.807, 2.05) is 49.4 Å². The van der Waals surface area contributed by atoms with Crippen molar-refractivity contribution in [1.29, 1.82) is 0 Å². The Hall–Kier alpha value is -2.62. The molecule has 0 radical (unpaired) electrons. The van der Waals surface area contributed by atoms with E-state index in [9.17, 15) is 9.59 Å². The van der Waals surface area contributed by atoms with Crippen LogP contribution in [0.2, 0.25) is 0 Å². The number of hydrogen-bond acceptors (Lipinski definition) is 2. The Morgan fingerprint density at radius 2 is 1.63 bits per heavy atom. The largest absolute Gasteiger partial charge is 0.352 e. The fraction of sp³-hybridized carbons (Fsp3) is 0.462. The summed E-state index contributed by atoms with van der Waals surface area (Å²) in [5.74, 6) is -0.0228. The van der Waals surface area contributed by atoms with Crippen LogP contribution >= 0.6 is 0 Å². The average molecular weight is 407 g/mol. The molecule has 2 amide bonds. The molecule has 1 aliphatic carbocycles. The molecule has 4 nitrogen and oxygen atoms in total. The fourth-order valence-electron chi connectivity index (χ4n) is 4.23. The van der Waals surface area contributed by atoms with E-state index in [2.05, 4.69) is 24.4 Å². The topological polar surface area (TPSA) is 49.4 Å². The lowest BCUT2D eigenvalue weighted by molar-refractivity contribution is -0.141. The normalized spacial score (nSPS) is 15.4. The monoisotopic (exact) mass is 406 g/mol. The maximum Gasteiger partial charge on any atom is 0.243 e. The van der Waals surface area contributed by atoms with Gasteiger partial charge in [-0.2, -0.15) is 0 Å². The maximum absolute atomic E-state index is 13.3. The van der Waals surface area contributed by atoms with Gasteiger partial charge >= 0.3 is 0 Å². The van der Waals surface area contributed by atoms with Crippen molar-refractivity contribution >= 4 is 11.8 Å². The molecule has 1 atom stereocenters. The van der Waals surface area contributed by atoms with Crippen molar-refractivity contribution in [3.63, 3.8) is 0 Å². The van der Waals surface area contributed by atoms with Gasteiger partial charge in [-0.3, -0.25) is 9.59 Å². The molecular weight excluding hydrogens is 372 g/mol. The second-order valence-electron chi connectivity index (χ2n) is 8.44. The van der Waals surface area contributed by atoms with Crippen molar-refractivity contribution in [3.8, 4) is 0 Å². The lowest BCUT2D eigenvalue weighted by Gasteiger charge is -2.33. The van der Waals surface area contributed by atoms with E-state index >= 15 is 0 Å². The minimum Gasteiger partial charge on any atom is -0.352 e. The second kappa shape index (κ2) is 11.0. The molecule has 0 aromatic heterocycles. The van der Waals surface area contributed by atoms with Crippen LogP contribution in [0.15, 0.2) is 54.6 Å². The van der Waals surface area contributed by atoms with E-state index in [0.29, 0.717) is 19.4 Å². The van der Waals surface area contributed by atoms with Crippen molar-refractivity contribution < 1.29 is 9.59 Å². The molecule has 2 aromatic rings. The third-order valence-electron chi connectivity index (χ3n) is 6.01. The van der Waals surface area contributed by atoms with Crippen molar-refractivity contribution in [3.05, 3.63) is 71.3 Å². The number of hydrogen-bond donors (Lipinski definition) is 1. The van der Waals surface area contributed by atoms with Gasteiger partial charge in [-0.05, 0) is 37.3 Å². The van der Waals surface area contributed by atoms with Gasteiger partial charge in [-0.25, -0.2) is 0 Å². The van der Waals surface area contributed by atoms with E-state index in [0.717, 1.165) is 24.0 Å². The number of nitrogens with one attached hydrogen (secondary N) is 1. The molecule has 0 saturated heterocycles. The zero-order chi connectivity index (χ0) is 21.3. The zero-order valence-corrected chi connectivity index (χ0v) is 18.3. The highest BCUT2D eigenvalue weighted by Gasteiger charge is 2.30. The van der Waals surface area contributed by atoms with Gasteiger partial charge in [0.05, 0.1) is 6.42 Å². The Bertz CT molecular complexity index is 811. The molecule has 160 valence electrons. The maximum atomic E-state index is 13.3. The standard InChI is InChI=1S/C26H34N2O2/c1-3-24(26(30)27-23-12-8-5-9-13-23)28(19-22-16-14-20(2)15-17-22)25(29)18-21-10-6-4-7-11-21/h4,6-7,10-11,14-17,23-24H,3,5,8-9,12-13,18-19H2,1-2H3,(H,27,30). The number of carbonyl (C=O) groups is 2. The first-order valence-electron chi connectivity index (χ1n) is 11.3. The quantitative estimate of drug-likeness (QED) is 0.685. The second-order valence-corrected chi connectivity index (χ2v) is 8.44. The van der Waals surface area contributed by atoms with Crippen LogP contribution in [0, 0.1) is 6.92 Å². The van der Waals surface area contributed by atoms with Gasteiger partial charge in [-0.15, -0.1) is 0 Å². The summed E-state index contributed by atoms with van der Waals surface area (Å²) in [6.07, 6.45) is 6.57. The summed E-state index contributed by atoms with van der Waals surface area (Å²) in [6.45, 7) is 4.49. The van der Waals surface area contributed by atoms with E-state index in [1.165, 1.54) is 24.8 Å². The van der Waals surface area contributed by atoms with Crippen LogP contribution in [0.25, 0.3) is 0 Å². The van der Waals surface area contributed by atoms with Crippen LogP contribution in [0.4, 0.5) is 0 Å². The highest BCUT2D eigenvalue weighted by molar-refractivity contribution is 5.88. The van der Waals surface area contributed by atoms with Crippen molar-refractivity contribution in [1.82, 2.24) is 10.2 Å². The Morgan fingerprint density at radius 3 is 2.27 bits per heavy atom. The molecular formula is C26H34N2O2. The number of benzene rings is 2. The molecule has 0 heterocycles. The molecule has 4 heteroatoms. The molecule has 1 fully saturated rings. The molecule has 30 heavy (non-hydrogen) atoms. The summed E-state index contributed by atoms with van der Waals surface area (Å²) in [7, 11) is 0. The third kappa shape index (κ3) is 6.19. The summed E-state index contributed by atoms with van der Waals surface area (Å²) in [5.41, 5.74) is 3.20. The molecule has 0 bridgehead atoms. The van der Waals surface area contributed by atoms with Crippen LogP contribution in [0.5, 0.6) is 0 Å². The lowest BCUT2D eigenvalue weighted by Crippen LogP contribution is -2.51. The number of rotatable bonds is 8. The summed E-state index contributed by atoms with van der Waals surface area (Å²) in [5, 5.41) is 3.23. The Kier molecular flexibility index (Phi) is 8.06. The molecule has 1 aliphatic rings. The third-order valence-corrected chi connectivity index (χ3v) is 6.01. The summed E-state index contributed by atoms with van der Waals surface area (Å²) in [4.78, 5) is 28.3. The van der Waals surface area contributed by atoms with Crippen LogP contribution in [-0.4, -0.2) is 28.8 Å². The molecule has 3 rings (SSSR count). The Balaban J connectivity index is 1.78. The Morgan fingerprint density at radius 1 is 0.967 bits per heavy atom. The van der Waals surface area contributed by atoms with E-state index in [4.69, 9.17) is 0 Å². The van der Waals surface area contributed by atoms with E-state index in [1.54, 1.807) is 4.90 Å². The van der Waals surface area contributed by atoms with Gasteiger partial charge in [0, 0.05) is 12.6 Å². The first-order chi connectivity index (χ1) is 14.6. The minimum absolute atomic E-state index is 0.00702. The molecule has 1 N–H and O–H groups in total. The summed E-state index contributed by atoms with van der Waals surface area (Å²) >= 11 is 0. The molecule has 2 aromatic carbocycles. The van der Waals surface area contributed by atoms with Gasteiger partial charge in [0.25, 0.3) is 0 Å². The molecule has 1 unspecified atom stereocenters. The van der Waals surface area contributed by atoms with Crippen LogP contribution in [0.1, 0.15) is 62.1 Å². The SMILES string of the molecule is CCC(C(=O)NC1CCCCC1)N(Cc1ccc(C)cc1)C(=O)Cc1ccccc1. The lowest BCUT2D eigenvalue weighted by atomic mass is 9.95. The molecule has 0 spiro atoms. The number of aryl methyl sites for hydroxylation is 1. The first kappa shape index (κ1) is 22.1.